The molecule has 0 amide bonds. The number of Topliss-reactive ketones (excluding diaryl/α,β-unsaturated/α-hetero) is 1. The fourth-order valence-corrected chi connectivity index (χ4v) is 9.50. The topological polar surface area (TPSA) is 77.8 Å². The molecule has 3 fully saturated rings. The van der Waals surface area contributed by atoms with E-state index in [9.17, 15) is 20.1 Å². The van der Waals surface area contributed by atoms with E-state index in [4.69, 9.17) is 0 Å². The van der Waals surface area contributed by atoms with Crippen molar-refractivity contribution in [1.29, 1.82) is 0 Å². The quantitative estimate of drug-likeness (QED) is 0.433. The summed E-state index contributed by atoms with van der Waals surface area (Å²) in [7, 11) is 0. The first-order chi connectivity index (χ1) is 15.6. The first-order valence-corrected chi connectivity index (χ1v) is 13.9. The van der Waals surface area contributed by atoms with Crippen LogP contribution in [0.5, 0.6) is 0 Å². The summed E-state index contributed by atoms with van der Waals surface area (Å²) in [6.07, 6.45) is 10.8. The molecule has 0 aromatic carbocycles. The summed E-state index contributed by atoms with van der Waals surface area (Å²) in [6, 6.07) is 0. The highest BCUT2D eigenvalue weighted by Crippen LogP contribution is 2.73. The van der Waals surface area contributed by atoms with Crippen molar-refractivity contribution >= 4 is 5.78 Å². The summed E-state index contributed by atoms with van der Waals surface area (Å²) in [5, 5.41) is 30.0. The van der Waals surface area contributed by atoms with Crippen LogP contribution < -0.4 is 0 Å². The second-order valence-corrected chi connectivity index (χ2v) is 14.2. The number of rotatable bonds is 6. The predicted molar refractivity (Wildman–Crippen MR) is 136 cm³/mol. The molecule has 4 rings (SSSR count). The van der Waals surface area contributed by atoms with Gasteiger partial charge in [-0.3, -0.25) is 4.79 Å². The maximum absolute atomic E-state index is 12.8. The van der Waals surface area contributed by atoms with Gasteiger partial charge in [-0.1, -0.05) is 53.2 Å². The lowest BCUT2D eigenvalue weighted by Crippen LogP contribution is -2.57. The van der Waals surface area contributed by atoms with Crippen LogP contribution in [0.4, 0.5) is 0 Å². The molecular weight excluding hydrogens is 424 g/mol. The molecule has 4 aliphatic carbocycles. The van der Waals surface area contributed by atoms with E-state index >= 15 is 0 Å². The molecule has 0 radical (unpaired) electrons. The Labute approximate surface area is 207 Å². The van der Waals surface area contributed by atoms with E-state index in [1.54, 1.807) is 5.57 Å². The van der Waals surface area contributed by atoms with Crippen LogP contribution in [0.25, 0.3) is 0 Å². The Morgan fingerprint density at radius 2 is 1.76 bits per heavy atom. The third-order valence-corrected chi connectivity index (χ3v) is 12.3. The lowest BCUT2D eigenvalue weighted by molar-refractivity contribution is -0.146. The van der Waals surface area contributed by atoms with E-state index in [1.165, 1.54) is 32.6 Å². The second kappa shape index (κ2) is 8.42. The van der Waals surface area contributed by atoms with Crippen molar-refractivity contribution in [3.8, 4) is 0 Å². The maximum Gasteiger partial charge on any atom is 0.138 e. The first kappa shape index (κ1) is 26.4. The number of carbonyl (C=O) groups excluding carboxylic acids is 1. The number of aliphatic hydroxyl groups is 3. The summed E-state index contributed by atoms with van der Waals surface area (Å²) in [6.45, 7) is 15.4. The molecule has 0 aromatic rings. The van der Waals surface area contributed by atoms with Gasteiger partial charge in [-0.2, -0.15) is 0 Å². The van der Waals surface area contributed by atoms with Gasteiger partial charge in [0.25, 0.3) is 0 Å². The third-order valence-electron chi connectivity index (χ3n) is 12.3. The minimum Gasteiger partial charge on any atom is -0.393 e. The van der Waals surface area contributed by atoms with Crippen LogP contribution in [0.2, 0.25) is 0 Å². The van der Waals surface area contributed by atoms with Crippen LogP contribution in [-0.2, 0) is 4.79 Å². The molecule has 0 saturated heterocycles. The number of hydrogen-bond acceptors (Lipinski definition) is 4. The molecule has 4 heteroatoms. The minimum absolute atomic E-state index is 0.198. The molecule has 0 bridgehead atoms. The Bertz CT molecular complexity index is 843. The van der Waals surface area contributed by atoms with Crippen LogP contribution in [0.3, 0.4) is 0 Å². The third kappa shape index (κ3) is 3.60. The average molecular weight is 475 g/mol. The van der Waals surface area contributed by atoms with Crippen LogP contribution in [0.1, 0.15) is 106 Å². The van der Waals surface area contributed by atoms with Crippen LogP contribution in [0.15, 0.2) is 11.6 Å². The van der Waals surface area contributed by atoms with E-state index in [0.29, 0.717) is 35.9 Å². The highest BCUT2D eigenvalue weighted by molar-refractivity contribution is 5.85. The molecule has 4 aliphatic rings. The Morgan fingerprint density at radius 3 is 2.41 bits per heavy atom. The van der Waals surface area contributed by atoms with E-state index in [1.807, 2.05) is 0 Å². The maximum atomic E-state index is 12.8. The van der Waals surface area contributed by atoms with Crippen molar-refractivity contribution in [3.63, 3.8) is 0 Å². The van der Waals surface area contributed by atoms with Gasteiger partial charge in [0, 0.05) is 11.8 Å². The molecule has 2 unspecified atom stereocenters. The van der Waals surface area contributed by atoms with Gasteiger partial charge in [-0.15, -0.1) is 0 Å². The van der Waals surface area contributed by atoms with Crippen LogP contribution in [0, 0.1) is 45.3 Å². The van der Waals surface area contributed by atoms with E-state index in [-0.39, 0.29) is 21.7 Å². The summed E-state index contributed by atoms with van der Waals surface area (Å²) in [5.74, 6) is 2.55. The Hall–Kier alpha value is -0.710. The average Bonchev–Trinajstić information content (AvgIpc) is 3.06. The van der Waals surface area contributed by atoms with Crippen LogP contribution in [-0.4, -0.2) is 39.4 Å². The van der Waals surface area contributed by atoms with Crippen molar-refractivity contribution in [3.05, 3.63) is 11.6 Å². The molecule has 0 heterocycles. The van der Waals surface area contributed by atoms with Gasteiger partial charge < -0.3 is 15.3 Å². The van der Waals surface area contributed by atoms with Crippen molar-refractivity contribution in [2.45, 2.75) is 118 Å². The van der Waals surface area contributed by atoms with Crippen molar-refractivity contribution in [2.24, 2.45) is 45.3 Å². The Kier molecular flexibility index (Phi) is 6.52. The molecule has 9 atom stereocenters. The number of carbonyl (C=O) groups is 1. The zero-order chi connectivity index (χ0) is 25.3. The fourth-order valence-electron chi connectivity index (χ4n) is 9.50. The Morgan fingerprint density at radius 1 is 1.09 bits per heavy atom. The van der Waals surface area contributed by atoms with Crippen LogP contribution >= 0.6 is 0 Å². The summed E-state index contributed by atoms with van der Waals surface area (Å²) >= 11 is 0. The fraction of sp³-hybridized carbons (Fsp3) is 0.900. The molecule has 3 N–H and O–H groups in total. The predicted octanol–water partition coefficient (Wildman–Crippen LogP) is 5.68. The smallest absolute Gasteiger partial charge is 0.138 e. The summed E-state index contributed by atoms with van der Waals surface area (Å²) in [4.78, 5) is 12.8. The van der Waals surface area contributed by atoms with E-state index in [0.717, 1.165) is 25.7 Å². The molecule has 0 spiro atoms. The number of allylic oxidation sites excluding steroid dienone is 2. The molecular formula is C30H50O4. The molecule has 0 aromatic heterocycles. The number of fused-ring (bicyclic) bond motifs is 5. The first-order valence-electron chi connectivity index (χ1n) is 13.9. The standard InChI is InChI=1S/C30H50O4/c1-19(8-11-25(33)30(7,34)18-31)20-12-16-29(6)22-9-10-23-26(2,3)24(32)14-15-27(23,4)21(22)13-17-28(20,29)5/h9,19-21,23,25,31,33-34H,8,10-18H2,1-7H3/t19-,20-,21-,23+,25?,27-,28-,29+,30?/m1/s1. The lowest BCUT2D eigenvalue weighted by atomic mass is 9.41. The second-order valence-electron chi connectivity index (χ2n) is 14.2. The van der Waals surface area contributed by atoms with Gasteiger partial charge in [-0.25, -0.2) is 0 Å². The van der Waals surface area contributed by atoms with Gasteiger partial charge in [0.1, 0.15) is 11.4 Å². The van der Waals surface area contributed by atoms with Crippen molar-refractivity contribution in [2.75, 3.05) is 6.61 Å². The van der Waals surface area contributed by atoms with Crippen molar-refractivity contribution in [1.82, 2.24) is 0 Å². The SMILES string of the molecule is C[C@H](CCC(O)C(C)(O)CO)[C@H]1CC[C@@]2(C)C3=CC[C@H]4C(C)(C)C(=O)CC[C@]4(C)[C@@H]3CC[C@]12C. The molecule has 0 aliphatic heterocycles. The molecule has 34 heavy (non-hydrogen) atoms. The van der Waals surface area contributed by atoms with Gasteiger partial charge >= 0.3 is 0 Å². The summed E-state index contributed by atoms with van der Waals surface area (Å²) < 4.78 is 0. The highest BCUT2D eigenvalue weighted by Gasteiger charge is 2.65. The molecule has 4 nitrogen and oxygen atoms in total. The molecule has 3 saturated carbocycles. The number of ketones is 1. The van der Waals surface area contributed by atoms with E-state index in [2.05, 4.69) is 47.6 Å². The number of hydrogen-bond donors (Lipinski definition) is 3. The normalized spacial score (nSPS) is 44.8. The van der Waals surface area contributed by atoms with Gasteiger partial charge in [0.15, 0.2) is 0 Å². The lowest BCUT2D eigenvalue weighted by Gasteiger charge is -2.63. The van der Waals surface area contributed by atoms with E-state index < -0.39 is 18.3 Å². The zero-order valence-corrected chi connectivity index (χ0v) is 22.8. The van der Waals surface area contributed by atoms with Gasteiger partial charge in [0.2, 0.25) is 0 Å². The van der Waals surface area contributed by atoms with Gasteiger partial charge in [0.05, 0.1) is 12.7 Å². The minimum atomic E-state index is -1.43. The van der Waals surface area contributed by atoms with Gasteiger partial charge in [-0.05, 0) is 98.2 Å². The number of aliphatic hydroxyl groups excluding tert-OH is 2. The summed E-state index contributed by atoms with van der Waals surface area (Å²) in [5.41, 5.74) is 0.699. The zero-order valence-electron chi connectivity index (χ0n) is 22.8. The van der Waals surface area contributed by atoms with Crippen molar-refractivity contribution < 1.29 is 20.1 Å². The molecule has 194 valence electrons. The Balaban J connectivity index is 1.57. The largest absolute Gasteiger partial charge is 0.393 e. The highest BCUT2D eigenvalue weighted by atomic mass is 16.4. The monoisotopic (exact) mass is 474 g/mol.